The molecule has 2 heterocycles. The van der Waals surface area contributed by atoms with Crippen LogP contribution in [0.4, 0.5) is 5.69 Å². The molecule has 0 spiro atoms. The fraction of sp³-hybridized carbons (Fsp3) is 0.571. The number of para-hydroxylation sites is 1. The Balaban J connectivity index is 0.00000182. The summed E-state index contributed by atoms with van der Waals surface area (Å²) in [5.41, 5.74) is 3.40. The van der Waals surface area contributed by atoms with Gasteiger partial charge in [0.25, 0.3) is 0 Å². The molecule has 3 aliphatic rings. The zero-order valence-corrected chi connectivity index (χ0v) is 17.5. The van der Waals surface area contributed by atoms with Gasteiger partial charge in [0.05, 0.1) is 12.0 Å². The molecule has 4 unspecified atom stereocenters. The molecule has 4 heteroatoms. The largest absolute Gasteiger partial charge is 1.00 e. The van der Waals surface area contributed by atoms with Gasteiger partial charge in [-0.15, -0.1) is 0 Å². The van der Waals surface area contributed by atoms with Gasteiger partial charge < -0.3 is 34.4 Å². The van der Waals surface area contributed by atoms with Gasteiger partial charge in [0, 0.05) is 11.6 Å². The third-order valence-corrected chi connectivity index (χ3v) is 6.39. The number of halogens is 1. The van der Waals surface area contributed by atoms with Crippen molar-refractivity contribution < 1.29 is 33.7 Å². The van der Waals surface area contributed by atoms with Gasteiger partial charge in [0.15, 0.2) is 11.9 Å². The Morgan fingerprint density at radius 2 is 2.08 bits per heavy atom. The first-order valence-electron chi connectivity index (χ1n) is 9.31. The zero-order chi connectivity index (χ0) is 16.9. The summed E-state index contributed by atoms with van der Waals surface area (Å²) in [6.07, 6.45) is 8.28. The molecule has 4 rings (SSSR count). The quantitative estimate of drug-likeness (QED) is 0.525. The minimum atomic E-state index is -0.537. The lowest BCUT2D eigenvalue weighted by Crippen LogP contribution is -3.00. The minimum absolute atomic E-state index is 0. The summed E-state index contributed by atoms with van der Waals surface area (Å²) >= 11 is 0. The topological polar surface area (TPSA) is 35.3 Å². The van der Waals surface area contributed by atoms with Gasteiger partial charge in [-0.25, -0.2) is 4.58 Å². The van der Waals surface area contributed by atoms with Crippen molar-refractivity contribution in [1.29, 1.82) is 0 Å². The van der Waals surface area contributed by atoms with E-state index in [9.17, 15) is 5.11 Å². The average Bonchev–Trinajstić information content (AvgIpc) is 3.12. The van der Waals surface area contributed by atoms with E-state index >= 15 is 0 Å². The van der Waals surface area contributed by atoms with Crippen molar-refractivity contribution in [2.24, 2.45) is 11.8 Å². The summed E-state index contributed by atoms with van der Waals surface area (Å²) in [5, 5.41) is 14.9. The molecule has 1 aromatic rings. The Bertz CT molecular complexity index is 712. The maximum atomic E-state index is 11.2. The van der Waals surface area contributed by atoms with Crippen LogP contribution in [-0.2, 0) is 0 Å². The summed E-state index contributed by atoms with van der Waals surface area (Å²) in [5.74, 6) is 1.71. The molecule has 1 aromatic carbocycles. The van der Waals surface area contributed by atoms with Crippen LogP contribution >= 0.6 is 0 Å². The first-order chi connectivity index (χ1) is 11.5. The van der Waals surface area contributed by atoms with Crippen molar-refractivity contribution >= 4 is 11.4 Å². The number of anilines is 1. The Morgan fingerprint density at radius 1 is 1.32 bits per heavy atom. The Morgan fingerprint density at radius 3 is 2.80 bits per heavy atom. The van der Waals surface area contributed by atoms with E-state index in [1.165, 1.54) is 17.0 Å². The highest BCUT2D eigenvalue weighted by Crippen LogP contribution is 2.44. The van der Waals surface area contributed by atoms with E-state index in [1.54, 1.807) is 0 Å². The van der Waals surface area contributed by atoms with E-state index in [-0.39, 0.29) is 30.0 Å². The Hall–Kier alpha value is -0.880. The maximum absolute atomic E-state index is 11.2. The van der Waals surface area contributed by atoms with E-state index in [2.05, 4.69) is 67.3 Å². The smallest absolute Gasteiger partial charge is 0.183 e. The molecule has 0 bridgehead atoms. The second-order valence-electron chi connectivity index (χ2n) is 8.33. The van der Waals surface area contributed by atoms with Crippen molar-refractivity contribution in [2.45, 2.75) is 57.1 Å². The highest BCUT2D eigenvalue weighted by molar-refractivity contribution is 5.93. The highest BCUT2D eigenvalue weighted by atomic mass is 127. The number of hydrogen-bond acceptors (Lipinski definition) is 2. The summed E-state index contributed by atoms with van der Waals surface area (Å²) in [6.45, 7) is 4.56. The van der Waals surface area contributed by atoms with Crippen LogP contribution in [0.5, 0.6) is 0 Å². The minimum Gasteiger partial charge on any atom is -1.00 e. The van der Waals surface area contributed by atoms with Crippen LogP contribution in [0, 0.1) is 11.8 Å². The van der Waals surface area contributed by atoms with E-state index in [0.717, 1.165) is 25.7 Å². The molecule has 136 valence electrons. The van der Waals surface area contributed by atoms with E-state index < -0.39 is 5.60 Å². The summed E-state index contributed by atoms with van der Waals surface area (Å²) in [6, 6.07) is 8.87. The van der Waals surface area contributed by atoms with Crippen molar-refractivity contribution in [3.05, 3.63) is 42.1 Å². The first kappa shape index (κ1) is 18.9. The van der Waals surface area contributed by atoms with Crippen LogP contribution in [0.25, 0.3) is 0 Å². The van der Waals surface area contributed by atoms with Crippen molar-refractivity contribution in [3.8, 4) is 0 Å². The fourth-order valence-corrected chi connectivity index (χ4v) is 4.85. The standard InChI is InChI=1S/C21H29N2O.HI/c1-14(2)15-8-10-21(24,12-15)13-19-20-17(9-11-23(19)3)16-6-4-5-7-18(16)22-20;/h4-7,9,11,14-15,17,20,22,24H,8,10,12-13H2,1-3H3;1H/q+1;/p-1. The molecule has 0 aromatic heterocycles. The molecule has 1 aliphatic carbocycles. The number of hydrogen-bond donors (Lipinski definition) is 2. The molecule has 0 saturated heterocycles. The average molecular weight is 452 g/mol. The van der Waals surface area contributed by atoms with Crippen LogP contribution in [0.15, 0.2) is 36.5 Å². The lowest BCUT2D eigenvalue weighted by atomic mass is 9.83. The maximum Gasteiger partial charge on any atom is 0.183 e. The monoisotopic (exact) mass is 452 g/mol. The lowest BCUT2D eigenvalue weighted by Gasteiger charge is -2.28. The number of nitrogens with zero attached hydrogens (tertiary/aromatic N) is 1. The first-order valence-corrected chi connectivity index (χ1v) is 9.31. The third kappa shape index (κ3) is 3.39. The predicted molar refractivity (Wildman–Crippen MR) is 98.7 cm³/mol. The third-order valence-electron chi connectivity index (χ3n) is 6.39. The summed E-state index contributed by atoms with van der Waals surface area (Å²) in [4.78, 5) is 0. The molecule has 2 aliphatic heterocycles. The lowest BCUT2D eigenvalue weighted by molar-refractivity contribution is -0.428. The SMILES string of the molecule is CC(C)C1CCC(O)(CC2=[N+](C)C=CC3c4ccccc4NC23)C1.[I-]. The van der Waals surface area contributed by atoms with E-state index in [4.69, 9.17) is 0 Å². The summed E-state index contributed by atoms with van der Waals surface area (Å²) in [7, 11) is 2.12. The molecule has 4 atom stereocenters. The van der Waals surface area contributed by atoms with Crippen LogP contribution < -0.4 is 29.3 Å². The molecular formula is C21H29IN2O. The molecule has 1 fully saturated rings. The second-order valence-corrected chi connectivity index (χ2v) is 8.33. The van der Waals surface area contributed by atoms with Crippen LogP contribution in [-0.4, -0.2) is 34.1 Å². The molecule has 0 amide bonds. The molecule has 0 radical (unpaired) electrons. The second kappa shape index (κ2) is 7.03. The van der Waals surface area contributed by atoms with Gasteiger partial charge in [-0.3, -0.25) is 0 Å². The number of aliphatic hydroxyl groups is 1. The van der Waals surface area contributed by atoms with Gasteiger partial charge in [-0.05, 0) is 48.8 Å². The number of nitrogens with one attached hydrogen (secondary N) is 1. The van der Waals surface area contributed by atoms with Crippen molar-refractivity contribution in [3.63, 3.8) is 0 Å². The van der Waals surface area contributed by atoms with Crippen LogP contribution in [0.2, 0.25) is 0 Å². The number of rotatable bonds is 3. The van der Waals surface area contributed by atoms with Crippen LogP contribution in [0.3, 0.4) is 0 Å². The molecular weight excluding hydrogens is 423 g/mol. The Kier molecular flexibility index (Phi) is 5.31. The number of fused-ring (bicyclic) bond motifs is 3. The zero-order valence-electron chi connectivity index (χ0n) is 15.4. The van der Waals surface area contributed by atoms with Gasteiger partial charge in [0.1, 0.15) is 13.1 Å². The van der Waals surface area contributed by atoms with Gasteiger partial charge in [-0.1, -0.05) is 32.0 Å². The predicted octanol–water partition coefficient (Wildman–Crippen LogP) is 0.756. The fourth-order valence-electron chi connectivity index (χ4n) is 4.85. The van der Waals surface area contributed by atoms with E-state index in [1.807, 2.05) is 0 Å². The van der Waals surface area contributed by atoms with Gasteiger partial charge >= 0.3 is 0 Å². The molecule has 2 N–H and O–H groups in total. The normalized spacial score (nSPS) is 33.1. The van der Waals surface area contributed by atoms with E-state index in [0.29, 0.717) is 17.8 Å². The highest BCUT2D eigenvalue weighted by Gasteiger charge is 2.46. The van der Waals surface area contributed by atoms with Gasteiger partial charge in [0.2, 0.25) is 0 Å². The molecule has 3 nitrogen and oxygen atoms in total. The van der Waals surface area contributed by atoms with Crippen LogP contribution in [0.1, 0.15) is 51.0 Å². The number of benzene rings is 1. The summed E-state index contributed by atoms with van der Waals surface area (Å²) < 4.78 is 2.22. The molecule has 1 saturated carbocycles. The van der Waals surface area contributed by atoms with Gasteiger partial charge in [-0.2, -0.15) is 0 Å². The molecule has 25 heavy (non-hydrogen) atoms. The van der Waals surface area contributed by atoms with Crippen molar-refractivity contribution in [1.82, 2.24) is 0 Å². The Labute approximate surface area is 168 Å². The van der Waals surface area contributed by atoms with Crippen molar-refractivity contribution in [2.75, 3.05) is 12.4 Å².